The Morgan fingerprint density at radius 3 is 2.85 bits per heavy atom. The summed E-state index contributed by atoms with van der Waals surface area (Å²) in [5.41, 5.74) is 2.43. The van der Waals surface area contributed by atoms with Gasteiger partial charge in [-0.15, -0.1) is 0 Å². The molecule has 0 aromatic carbocycles. The summed E-state index contributed by atoms with van der Waals surface area (Å²) >= 11 is 0. The second-order valence-electron chi connectivity index (χ2n) is 3.78. The van der Waals surface area contributed by atoms with Crippen molar-refractivity contribution in [3.8, 4) is 0 Å². The minimum Gasteiger partial charge on any atom is -0.278 e. The predicted molar refractivity (Wildman–Crippen MR) is 55.3 cm³/mol. The molecule has 0 aromatic rings. The Morgan fingerprint density at radius 2 is 2.15 bits per heavy atom. The average Bonchev–Trinajstić information content (AvgIpc) is 2.12. The monoisotopic (exact) mass is 177 g/mol. The first-order chi connectivity index (χ1) is 6.20. The lowest BCUT2D eigenvalue weighted by molar-refractivity contribution is 0.269. The van der Waals surface area contributed by atoms with Crippen LogP contribution in [0.5, 0.6) is 0 Å². The van der Waals surface area contributed by atoms with Gasteiger partial charge in [0.25, 0.3) is 0 Å². The van der Waals surface area contributed by atoms with Gasteiger partial charge in [-0.1, -0.05) is 6.08 Å². The van der Waals surface area contributed by atoms with Gasteiger partial charge in [-0.25, -0.2) is 0 Å². The third kappa shape index (κ3) is 1.33. The largest absolute Gasteiger partial charge is 0.278 e. The van der Waals surface area contributed by atoms with Gasteiger partial charge in [-0.3, -0.25) is 14.9 Å². The number of rotatable bonds is 0. The van der Waals surface area contributed by atoms with Crippen molar-refractivity contribution in [2.24, 2.45) is 15.9 Å². The molecule has 3 nitrogen and oxygen atoms in total. The van der Waals surface area contributed by atoms with Crippen LogP contribution in [0.1, 0.15) is 13.8 Å². The average molecular weight is 177 g/mol. The van der Waals surface area contributed by atoms with Gasteiger partial charge in [0.1, 0.15) is 0 Å². The fraction of sp³-hybridized carbons (Fsp3) is 0.600. The topological polar surface area (TPSA) is 28.0 Å². The summed E-state index contributed by atoms with van der Waals surface area (Å²) in [6.45, 7) is 5.00. The molecule has 0 aromatic heterocycles. The van der Waals surface area contributed by atoms with Gasteiger partial charge in [-0.05, 0) is 20.9 Å². The molecule has 0 saturated heterocycles. The van der Waals surface area contributed by atoms with Crippen molar-refractivity contribution in [1.82, 2.24) is 4.90 Å². The van der Waals surface area contributed by atoms with Crippen LogP contribution in [-0.2, 0) is 0 Å². The van der Waals surface area contributed by atoms with Crippen LogP contribution in [0.15, 0.2) is 22.3 Å². The maximum atomic E-state index is 4.47. The molecule has 3 heteroatoms. The Labute approximate surface area is 78.9 Å². The van der Waals surface area contributed by atoms with E-state index < -0.39 is 0 Å². The molecule has 2 atom stereocenters. The van der Waals surface area contributed by atoms with Crippen molar-refractivity contribution in [1.29, 1.82) is 0 Å². The lowest BCUT2D eigenvalue weighted by Crippen LogP contribution is -2.49. The lowest BCUT2D eigenvalue weighted by Gasteiger charge is -2.37. The molecule has 0 amide bonds. The van der Waals surface area contributed by atoms with Crippen LogP contribution in [-0.4, -0.2) is 36.1 Å². The van der Waals surface area contributed by atoms with E-state index in [1.807, 2.05) is 6.20 Å². The maximum absolute atomic E-state index is 4.47. The molecule has 0 fully saturated rings. The van der Waals surface area contributed by atoms with Crippen LogP contribution < -0.4 is 0 Å². The van der Waals surface area contributed by atoms with Gasteiger partial charge in [0, 0.05) is 23.5 Å². The van der Waals surface area contributed by atoms with Gasteiger partial charge in [0.15, 0.2) is 0 Å². The molecule has 2 unspecified atom stereocenters. The Bertz CT molecular complexity index is 301. The van der Waals surface area contributed by atoms with Crippen LogP contribution in [0.3, 0.4) is 0 Å². The summed E-state index contributed by atoms with van der Waals surface area (Å²) in [6, 6.07) is 0.433. The summed E-state index contributed by atoms with van der Waals surface area (Å²) in [7, 11) is 2.10. The SMILES string of the molecule is CC1=NCN(C)C2C(C)=NC=CC12. The summed E-state index contributed by atoms with van der Waals surface area (Å²) < 4.78 is 0. The highest BCUT2D eigenvalue weighted by Crippen LogP contribution is 2.23. The third-order valence-electron chi connectivity index (χ3n) is 2.84. The quantitative estimate of drug-likeness (QED) is 0.548. The van der Waals surface area contributed by atoms with E-state index in [-0.39, 0.29) is 0 Å². The van der Waals surface area contributed by atoms with Gasteiger partial charge in [-0.2, -0.15) is 0 Å². The molecule has 0 radical (unpaired) electrons. The van der Waals surface area contributed by atoms with Crippen LogP contribution in [0.25, 0.3) is 0 Å². The van der Waals surface area contributed by atoms with Gasteiger partial charge in [0.05, 0.1) is 12.7 Å². The number of aliphatic imine (C=N–C) groups is 2. The van der Waals surface area contributed by atoms with Crippen molar-refractivity contribution < 1.29 is 0 Å². The van der Waals surface area contributed by atoms with Crippen LogP contribution in [0, 0.1) is 5.92 Å². The Hall–Kier alpha value is -0.960. The number of hydrogen-bond donors (Lipinski definition) is 0. The van der Waals surface area contributed by atoms with E-state index in [2.05, 4.69) is 41.9 Å². The molecule has 0 aliphatic carbocycles. The standard InChI is InChI=1S/C10H15N3/c1-7-9-4-5-11-8(2)10(9)13(3)6-12-7/h4-5,9-10H,6H2,1-3H3. The highest BCUT2D eigenvalue weighted by molar-refractivity contribution is 5.98. The van der Waals surface area contributed by atoms with Crippen molar-refractivity contribution in [3.05, 3.63) is 12.3 Å². The third-order valence-corrected chi connectivity index (χ3v) is 2.84. The lowest BCUT2D eigenvalue weighted by atomic mass is 9.88. The maximum Gasteiger partial charge on any atom is 0.0912 e. The zero-order valence-corrected chi connectivity index (χ0v) is 8.36. The number of fused-ring (bicyclic) bond motifs is 1. The Balaban J connectivity index is 2.36. The van der Waals surface area contributed by atoms with E-state index in [1.54, 1.807) is 0 Å². The fourth-order valence-corrected chi connectivity index (χ4v) is 2.07. The van der Waals surface area contributed by atoms with E-state index in [1.165, 1.54) is 11.4 Å². The molecule has 2 heterocycles. The van der Waals surface area contributed by atoms with Gasteiger partial charge >= 0.3 is 0 Å². The second-order valence-corrected chi connectivity index (χ2v) is 3.78. The first kappa shape index (κ1) is 8.63. The zero-order chi connectivity index (χ0) is 9.42. The summed E-state index contributed by atoms with van der Waals surface area (Å²) in [4.78, 5) is 11.1. The first-order valence-corrected chi connectivity index (χ1v) is 4.62. The second kappa shape index (κ2) is 3.07. The Kier molecular flexibility index (Phi) is 2.04. The molecule has 0 bridgehead atoms. The van der Waals surface area contributed by atoms with E-state index in [9.17, 15) is 0 Å². The smallest absolute Gasteiger partial charge is 0.0912 e. The zero-order valence-electron chi connectivity index (χ0n) is 8.36. The van der Waals surface area contributed by atoms with E-state index in [0.717, 1.165) is 6.67 Å². The fourth-order valence-electron chi connectivity index (χ4n) is 2.07. The molecule has 0 spiro atoms. The molecule has 2 aliphatic heterocycles. The highest BCUT2D eigenvalue weighted by atomic mass is 15.2. The normalized spacial score (nSPS) is 33.8. The summed E-state index contributed by atoms with van der Waals surface area (Å²) in [6.07, 6.45) is 4.04. The molecule has 0 saturated carbocycles. The van der Waals surface area contributed by atoms with E-state index >= 15 is 0 Å². The molecule has 2 aliphatic rings. The molecule has 0 N–H and O–H groups in total. The van der Waals surface area contributed by atoms with Crippen molar-refractivity contribution in [2.75, 3.05) is 13.7 Å². The molecular formula is C10H15N3. The van der Waals surface area contributed by atoms with Crippen molar-refractivity contribution in [2.45, 2.75) is 19.9 Å². The number of hydrogen-bond acceptors (Lipinski definition) is 3. The predicted octanol–water partition coefficient (Wildman–Crippen LogP) is 1.32. The summed E-state index contributed by atoms with van der Waals surface area (Å²) in [5, 5.41) is 0. The van der Waals surface area contributed by atoms with Crippen LogP contribution >= 0.6 is 0 Å². The molecular weight excluding hydrogens is 162 g/mol. The van der Waals surface area contributed by atoms with Gasteiger partial charge < -0.3 is 0 Å². The van der Waals surface area contributed by atoms with Crippen LogP contribution in [0.4, 0.5) is 0 Å². The molecule has 2 rings (SSSR count). The van der Waals surface area contributed by atoms with Crippen molar-refractivity contribution >= 4 is 11.4 Å². The van der Waals surface area contributed by atoms with E-state index in [4.69, 9.17) is 0 Å². The molecule has 70 valence electrons. The minimum atomic E-state index is 0.433. The van der Waals surface area contributed by atoms with Gasteiger partial charge in [0.2, 0.25) is 0 Å². The highest BCUT2D eigenvalue weighted by Gasteiger charge is 2.32. The van der Waals surface area contributed by atoms with E-state index in [0.29, 0.717) is 12.0 Å². The van der Waals surface area contributed by atoms with Crippen LogP contribution in [0.2, 0.25) is 0 Å². The Morgan fingerprint density at radius 1 is 1.38 bits per heavy atom. The van der Waals surface area contributed by atoms with Crippen molar-refractivity contribution in [3.63, 3.8) is 0 Å². The first-order valence-electron chi connectivity index (χ1n) is 4.62. The summed E-state index contributed by atoms with van der Waals surface area (Å²) in [5.74, 6) is 0.441. The minimum absolute atomic E-state index is 0.433. The number of nitrogens with zero attached hydrogens (tertiary/aromatic N) is 3. The molecule has 13 heavy (non-hydrogen) atoms.